The Morgan fingerprint density at radius 2 is 0.796 bits per heavy atom. The standard InChI is InChI=1S/C52H36N2/c1-3-15-37(16-4-1)40-21-11-23-44(35-40)53(42-31-33-43(34-32-42)54-50-29-9-7-25-48(50)49-26-8-10-30-51(49)54)45-24-12-22-41(36-45)47-28-14-20-39-19-13-27-46(52(39)47)38-17-5-2-6-18-38/h1-36H. The Kier molecular flexibility index (Phi) is 7.85. The first-order valence-electron chi connectivity index (χ1n) is 18.5. The Balaban J connectivity index is 1.14. The summed E-state index contributed by atoms with van der Waals surface area (Å²) in [6.07, 6.45) is 0. The van der Waals surface area contributed by atoms with Crippen LogP contribution in [0.2, 0.25) is 0 Å². The molecule has 0 N–H and O–H groups in total. The smallest absolute Gasteiger partial charge is 0.0541 e. The fourth-order valence-corrected chi connectivity index (χ4v) is 8.11. The molecule has 0 saturated carbocycles. The Morgan fingerprint density at radius 1 is 0.315 bits per heavy atom. The van der Waals surface area contributed by atoms with Gasteiger partial charge in [0.2, 0.25) is 0 Å². The fourth-order valence-electron chi connectivity index (χ4n) is 8.11. The maximum atomic E-state index is 2.38. The number of anilines is 3. The van der Waals surface area contributed by atoms with E-state index in [1.54, 1.807) is 0 Å². The normalized spacial score (nSPS) is 11.3. The average Bonchev–Trinajstić information content (AvgIpc) is 3.59. The highest BCUT2D eigenvalue weighted by Crippen LogP contribution is 2.42. The third-order valence-corrected chi connectivity index (χ3v) is 10.6. The van der Waals surface area contributed by atoms with Crippen molar-refractivity contribution in [1.29, 1.82) is 0 Å². The molecule has 9 aromatic carbocycles. The third kappa shape index (κ3) is 5.53. The molecular weight excluding hydrogens is 653 g/mol. The molecule has 10 rings (SSSR count). The van der Waals surface area contributed by atoms with Gasteiger partial charge in [-0.15, -0.1) is 0 Å². The van der Waals surface area contributed by atoms with Crippen molar-refractivity contribution in [2.45, 2.75) is 0 Å². The van der Waals surface area contributed by atoms with Gasteiger partial charge in [-0.25, -0.2) is 0 Å². The van der Waals surface area contributed by atoms with Gasteiger partial charge in [0.05, 0.1) is 11.0 Å². The zero-order valence-electron chi connectivity index (χ0n) is 29.7. The second-order valence-electron chi connectivity index (χ2n) is 13.8. The third-order valence-electron chi connectivity index (χ3n) is 10.6. The molecule has 0 saturated heterocycles. The van der Waals surface area contributed by atoms with Crippen molar-refractivity contribution in [2.24, 2.45) is 0 Å². The van der Waals surface area contributed by atoms with E-state index in [0.717, 1.165) is 22.7 Å². The predicted octanol–water partition coefficient (Wildman–Crippen LogP) is 14.4. The van der Waals surface area contributed by atoms with Gasteiger partial charge in [-0.2, -0.15) is 0 Å². The number of rotatable bonds is 7. The Bertz CT molecular complexity index is 2860. The first-order chi connectivity index (χ1) is 26.8. The van der Waals surface area contributed by atoms with Gasteiger partial charge in [-0.1, -0.05) is 158 Å². The van der Waals surface area contributed by atoms with Crippen LogP contribution in [-0.2, 0) is 0 Å². The van der Waals surface area contributed by atoms with E-state index in [1.807, 2.05) is 0 Å². The number of para-hydroxylation sites is 2. The minimum atomic E-state index is 1.09. The minimum absolute atomic E-state index is 1.09. The molecule has 1 aromatic heterocycles. The predicted molar refractivity (Wildman–Crippen MR) is 229 cm³/mol. The zero-order chi connectivity index (χ0) is 35.8. The summed E-state index contributed by atoms with van der Waals surface area (Å²) < 4.78 is 2.38. The number of hydrogen-bond donors (Lipinski definition) is 0. The van der Waals surface area contributed by atoms with E-state index in [9.17, 15) is 0 Å². The number of benzene rings is 9. The highest BCUT2D eigenvalue weighted by Gasteiger charge is 2.18. The molecule has 0 bridgehead atoms. The molecule has 0 aliphatic heterocycles. The van der Waals surface area contributed by atoms with Crippen LogP contribution in [0, 0.1) is 0 Å². The van der Waals surface area contributed by atoms with Crippen LogP contribution in [0.3, 0.4) is 0 Å². The lowest BCUT2D eigenvalue weighted by Crippen LogP contribution is -2.10. The van der Waals surface area contributed by atoms with Crippen LogP contribution in [0.1, 0.15) is 0 Å². The van der Waals surface area contributed by atoms with Crippen molar-refractivity contribution in [2.75, 3.05) is 4.90 Å². The van der Waals surface area contributed by atoms with Gasteiger partial charge in [0.1, 0.15) is 0 Å². The molecule has 0 fully saturated rings. The van der Waals surface area contributed by atoms with E-state index in [1.165, 1.54) is 66.0 Å². The van der Waals surface area contributed by atoms with E-state index in [0.29, 0.717) is 0 Å². The molecule has 0 aliphatic rings. The molecule has 254 valence electrons. The summed E-state index contributed by atoms with van der Waals surface area (Å²) in [6.45, 7) is 0. The van der Waals surface area contributed by atoms with Crippen molar-refractivity contribution in [3.63, 3.8) is 0 Å². The molecule has 0 radical (unpaired) electrons. The van der Waals surface area contributed by atoms with E-state index in [4.69, 9.17) is 0 Å². The molecule has 54 heavy (non-hydrogen) atoms. The molecule has 2 nitrogen and oxygen atoms in total. The SMILES string of the molecule is c1ccc(-c2cccc(N(c3ccc(-n4c5ccccc5c5ccccc54)cc3)c3cccc(-c4cccc5cccc(-c6ccccc6)c45)c3)c2)cc1. The Labute approximate surface area is 315 Å². The second kappa shape index (κ2) is 13.4. The van der Waals surface area contributed by atoms with Crippen molar-refractivity contribution >= 4 is 49.6 Å². The van der Waals surface area contributed by atoms with Gasteiger partial charge in [0, 0.05) is 33.5 Å². The summed E-state index contributed by atoms with van der Waals surface area (Å²) >= 11 is 0. The Hall–Kier alpha value is -7.16. The monoisotopic (exact) mass is 688 g/mol. The number of aromatic nitrogens is 1. The van der Waals surface area contributed by atoms with E-state index in [2.05, 4.69) is 228 Å². The summed E-state index contributed by atoms with van der Waals surface area (Å²) in [5.74, 6) is 0. The number of nitrogens with zero attached hydrogens (tertiary/aromatic N) is 2. The Morgan fingerprint density at radius 3 is 1.43 bits per heavy atom. The second-order valence-corrected chi connectivity index (χ2v) is 13.8. The molecule has 0 atom stereocenters. The van der Waals surface area contributed by atoms with E-state index in [-0.39, 0.29) is 0 Å². The minimum Gasteiger partial charge on any atom is -0.310 e. The van der Waals surface area contributed by atoms with E-state index < -0.39 is 0 Å². The van der Waals surface area contributed by atoms with Crippen LogP contribution in [0.5, 0.6) is 0 Å². The van der Waals surface area contributed by atoms with Crippen LogP contribution >= 0.6 is 0 Å². The van der Waals surface area contributed by atoms with Gasteiger partial charge in [0.15, 0.2) is 0 Å². The lowest BCUT2D eigenvalue weighted by Gasteiger charge is -2.27. The summed E-state index contributed by atoms with van der Waals surface area (Å²) in [4.78, 5) is 2.38. The van der Waals surface area contributed by atoms with Crippen LogP contribution in [0.15, 0.2) is 218 Å². The highest BCUT2D eigenvalue weighted by atomic mass is 15.1. The molecule has 0 spiro atoms. The average molecular weight is 689 g/mol. The molecule has 10 aromatic rings. The summed E-state index contributed by atoms with van der Waals surface area (Å²) in [6, 6.07) is 78.9. The first-order valence-corrected chi connectivity index (χ1v) is 18.5. The summed E-state index contributed by atoms with van der Waals surface area (Å²) in [5.41, 5.74) is 14.0. The quantitative estimate of drug-likeness (QED) is 0.162. The lowest BCUT2D eigenvalue weighted by atomic mass is 9.91. The molecular formula is C52H36N2. The van der Waals surface area contributed by atoms with Crippen molar-refractivity contribution in [3.8, 4) is 39.1 Å². The van der Waals surface area contributed by atoms with Crippen LogP contribution in [0.25, 0.3) is 71.6 Å². The van der Waals surface area contributed by atoms with Gasteiger partial charge in [-0.3, -0.25) is 0 Å². The fraction of sp³-hybridized carbons (Fsp3) is 0. The van der Waals surface area contributed by atoms with Crippen LogP contribution in [-0.4, -0.2) is 4.57 Å². The van der Waals surface area contributed by atoms with Crippen LogP contribution in [0.4, 0.5) is 17.1 Å². The molecule has 2 heteroatoms. The first kappa shape index (κ1) is 31.6. The van der Waals surface area contributed by atoms with Gasteiger partial charge >= 0.3 is 0 Å². The maximum Gasteiger partial charge on any atom is 0.0541 e. The number of hydrogen-bond acceptors (Lipinski definition) is 1. The molecule has 1 heterocycles. The van der Waals surface area contributed by atoms with Crippen molar-refractivity contribution in [1.82, 2.24) is 4.57 Å². The highest BCUT2D eigenvalue weighted by molar-refractivity contribution is 6.09. The largest absolute Gasteiger partial charge is 0.310 e. The maximum absolute atomic E-state index is 2.38. The molecule has 0 amide bonds. The topological polar surface area (TPSA) is 8.17 Å². The lowest BCUT2D eigenvalue weighted by molar-refractivity contribution is 1.17. The summed E-state index contributed by atoms with van der Waals surface area (Å²) in [7, 11) is 0. The van der Waals surface area contributed by atoms with Crippen molar-refractivity contribution < 1.29 is 0 Å². The van der Waals surface area contributed by atoms with Gasteiger partial charge in [-0.05, 0) is 105 Å². The molecule has 0 unspecified atom stereocenters. The van der Waals surface area contributed by atoms with Gasteiger partial charge < -0.3 is 9.47 Å². The zero-order valence-corrected chi connectivity index (χ0v) is 29.7. The molecule has 0 aliphatic carbocycles. The van der Waals surface area contributed by atoms with E-state index >= 15 is 0 Å². The van der Waals surface area contributed by atoms with Crippen LogP contribution < -0.4 is 4.90 Å². The summed E-state index contributed by atoms with van der Waals surface area (Å²) in [5, 5.41) is 5.01. The van der Waals surface area contributed by atoms with Crippen molar-refractivity contribution in [3.05, 3.63) is 218 Å². The number of fused-ring (bicyclic) bond motifs is 4. The van der Waals surface area contributed by atoms with Gasteiger partial charge in [0.25, 0.3) is 0 Å².